The van der Waals surface area contributed by atoms with Gasteiger partial charge in [0, 0.05) is 32.3 Å². The molecule has 0 aliphatic rings. The molecule has 0 atom stereocenters. The zero-order valence-corrected chi connectivity index (χ0v) is 15.9. The van der Waals surface area contributed by atoms with Gasteiger partial charge < -0.3 is 0 Å². The highest BCUT2D eigenvalue weighted by Gasteiger charge is 2.14. The minimum Gasteiger partial charge on any atom is -0.278 e. The van der Waals surface area contributed by atoms with E-state index in [1.807, 2.05) is 30.5 Å². The number of thiazole rings is 1. The van der Waals surface area contributed by atoms with Crippen LogP contribution >= 0.6 is 46.3 Å². The topological polar surface area (TPSA) is 17.3 Å². The summed E-state index contributed by atoms with van der Waals surface area (Å²) in [6, 6.07) is 12.4. The highest BCUT2D eigenvalue weighted by molar-refractivity contribution is 7.98. The molecule has 2 heterocycles. The smallest absolute Gasteiger partial charge is 0.174 e. The summed E-state index contributed by atoms with van der Waals surface area (Å²) in [5.41, 5.74) is 2.52. The fourth-order valence-electron chi connectivity index (χ4n) is 2.55. The molecule has 4 aromatic rings. The maximum Gasteiger partial charge on any atom is 0.174 e. The van der Waals surface area contributed by atoms with Crippen LogP contribution in [-0.2, 0) is 5.75 Å². The number of halogens is 3. The van der Waals surface area contributed by atoms with E-state index in [9.17, 15) is 4.39 Å². The van der Waals surface area contributed by atoms with Crippen LogP contribution in [0, 0.1) is 5.82 Å². The Morgan fingerprint density at radius 1 is 1.16 bits per heavy atom. The zero-order valence-electron chi connectivity index (χ0n) is 12.7. The van der Waals surface area contributed by atoms with Gasteiger partial charge in [0.2, 0.25) is 0 Å². The lowest BCUT2D eigenvalue weighted by Crippen LogP contribution is -1.93. The average Bonchev–Trinajstić information content (AvgIpc) is 3.17. The molecule has 2 nitrogen and oxygen atoms in total. The van der Waals surface area contributed by atoms with Crippen LogP contribution < -0.4 is 0 Å². The Bertz CT molecular complexity index is 1040. The normalized spacial score (nSPS) is 11.3. The van der Waals surface area contributed by atoms with E-state index in [2.05, 4.69) is 14.8 Å². The molecule has 4 rings (SSSR count). The number of fused-ring (bicyclic) bond motifs is 1. The predicted molar refractivity (Wildman–Crippen MR) is 104 cm³/mol. The molecule has 0 unspecified atom stereocenters. The van der Waals surface area contributed by atoms with Crippen LogP contribution in [0.25, 0.3) is 16.1 Å². The Hall–Kier alpha value is -1.53. The molecule has 25 heavy (non-hydrogen) atoms. The van der Waals surface area contributed by atoms with Gasteiger partial charge in [-0.25, -0.2) is 9.37 Å². The van der Waals surface area contributed by atoms with Crippen molar-refractivity contribution in [2.45, 2.75) is 10.9 Å². The van der Waals surface area contributed by atoms with E-state index in [4.69, 9.17) is 23.2 Å². The van der Waals surface area contributed by atoms with Crippen LogP contribution in [-0.4, -0.2) is 9.38 Å². The minimum atomic E-state index is -0.298. The van der Waals surface area contributed by atoms with Crippen LogP contribution in [0.3, 0.4) is 0 Å². The molecular formula is C18H11Cl2FN2S2. The van der Waals surface area contributed by atoms with Gasteiger partial charge in [-0.15, -0.1) is 11.3 Å². The molecule has 2 aromatic heterocycles. The first-order chi connectivity index (χ1) is 12.1. The van der Waals surface area contributed by atoms with Crippen molar-refractivity contribution in [3.05, 3.63) is 75.5 Å². The number of hydrogen-bond donors (Lipinski definition) is 0. The Morgan fingerprint density at radius 2 is 2.00 bits per heavy atom. The molecule has 0 N–H and O–H groups in total. The number of hydrogen-bond acceptors (Lipinski definition) is 3. The third-order valence-corrected chi connectivity index (χ3v) is 6.20. The second-order valence-corrected chi connectivity index (χ2v) is 8.01. The van der Waals surface area contributed by atoms with Gasteiger partial charge in [-0.2, -0.15) is 0 Å². The lowest BCUT2D eigenvalue weighted by Gasteiger charge is -2.07. The number of aromatic nitrogens is 2. The van der Waals surface area contributed by atoms with E-state index in [1.54, 1.807) is 23.5 Å². The van der Waals surface area contributed by atoms with Crippen molar-refractivity contribution in [2.75, 3.05) is 0 Å². The molecule has 0 aliphatic heterocycles. The van der Waals surface area contributed by atoms with Gasteiger partial charge in [-0.05, 0) is 24.3 Å². The Morgan fingerprint density at radius 3 is 2.80 bits per heavy atom. The first-order valence-electron chi connectivity index (χ1n) is 7.40. The van der Waals surface area contributed by atoms with E-state index in [1.165, 1.54) is 17.8 Å². The number of benzene rings is 2. The number of imidazole rings is 1. The van der Waals surface area contributed by atoms with Crippen LogP contribution in [0.5, 0.6) is 0 Å². The van der Waals surface area contributed by atoms with Crippen molar-refractivity contribution in [3.63, 3.8) is 0 Å². The van der Waals surface area contributed by atoms with Crippen molar-refractivity contribution in [2.24, 2.45) is 0 Å². The molecule has 126 valence electrons. The summed E-state index contributed by atoms with van der Waals surface area (Å²) in [4.78, 5) is 5.50. The lowest BCUT2D eigenvalue weighted by atomic mass is 10.2. The molecule has 0 spiro atoms. The van der Waals surface area contributed by atoms with Crippen LogP contribution in [0.1, 0.15) is 5.56 Å². The summed E-state index contributed by atoms with van der Waals surface area (Å²) in [6.07, 6.45) is 1.82. The van der Waals surface area contributed by atoms with E-state index < -0.39 is 0 Å². The predicted octanol–water partition coefficient (Wildman–Crippen LogP) is 6.80. The third kappa shape index (κ3) is 3.29. The fraction of sp³-hybridized carbons (Fsp3) is 0.0556. The van der Waals surface area contributed by atoms with Gasteiger partial charge in [0.05, 0.1) is 11.9 Å². The standard InChI is InChI=1S/C18H11Cl2FN2S2/c19-12-4-1-3-11(7-12)16-10-24-17-8-22-18(23(16)17)25-9-13-14(20)5-2-6-15(13)21/h1-8,10H,9H2. The second kappa shape index (κ2) is 7.00. The highest BCUT2D eigenvalue weighted by Crippen LogP contribution is 2.34. The Balaban J connectivity index is 1.70. The second-order valence-electron chi connectivity index (χ2n) is 5.33. The summed E-state index contributed by atoms with van der Waals surface area (Å²) >= 11 is 15.3. The monoisotopic (exact) mass is 408 g/mol. The van der Waals surface area contributed by atoms with Crippen LogP contribution in [0.4, 0.5) is 4.39 Å². The maximum absolute atomic E-state index is 14.0. The van der Waals surface area contributed by atoms with E-state index in [0.29, 0.717) is 21.4 Å². The Kier molecular flexibility index (Phi) is 4.73. The zero-order chi connectivity index (χ0) is 17.4. The average molecular weight is 409 g/mol. The van der Waals surface area contributed by atoms with Crippen LogP contribution in [0.2, 0.25) is 10.0 Å². The van der Waals surface area contributed by atoms with Gasteiger partial charge >= 0.3 is 0 Å². The molecular weight excluding hydrogens is 398 g/mol. The van der Waals surface area contributed by atoms with Gasteiger partial charge in [0.1, 0.15) is 10.6 Å². The first kappa shape index (κ1) is 16.9. The number of nitrogens with zero attached hydrogens (tertiary/aromatic N) is 2. The summed E-state index contributed by atoms with van der Waals surface area (Å²) < 4.78 is 16.0. The number of thioether (sulfide) groups is 1. The first-order valence-corrected chi connectivity index (χ1v) is 10.0. The molecule has 0 saturated heterocycles. The van der Waals surface area contributed by atoms with Crippen LogP contribution in [0.15, 0.2) is 59.2 Å². The lowest BCUT2D eigenvalue weighted by molar-refractivity contribution is 0.617. The molecule has 0 fully saturated rings. The van der Waals surface area contributed by atoms with Crippen molar-refractivity contribution in [3.8, 4) is 11.3 Å². The van der Waals surface area contributed by atoms with Gasteiger partial charge in [-0.1, -0.05) is 53.2 Å². The van der Waals surface area contributed by atoms with Crippen molar-refractivity contribution in [1.29, 1.82) is 0 Å². The SMILES string of the molecule is Fc1cccc(Cl)c1CSc1ncc2scc(-c3cccc(Cl)c3)n12. The highest BCUT2D eigenvalue weighted by atomic mass is 35.5. The molecule has 0 bridgehead atoms. The molecule has 0 amide bonds. The third-order valence-electron chi connectivity index (χ3n) is 3.76. The fourth-order valence-corrected chi connectivity index (χ4v) is 5.00. The summed E-state index contributed by atoms with van der Waals surface area (Å²) in [5.74, 6) is 0.114. The van der Waals surface area contributed by atoms with Gasteiger partial charge in [-0.3, -0.25) is 4.40 Å². The van der Waals surface area contributed by atoms with E-state index in [-0.39, 0.29) is 5.82 Å². The Labute approximate surface area is 162 Å². The largest absolute Gasteiger partial charge is 0.278 e. The molecule has 0 aliphatic carbocycles. The molecule has 7 heteroatoms. The quantitative estimate of drug-likeness (QED) is 0.345. The van der Waals surface area contributed by atoms with Crippen molar-refractivity contribution >= 4 is 51.1 Å². The van der Waals surface area contributed by atoms with E-state index >= 15 is 0 Å². The number of rotatable bonds is 4. The molecule has 0 radical (unpaired) electrons. The van der Waals surface area contributed by atoms with E-state index in [0.717, 1.165) is 21.2 Å². The minimum absolute atomic E-state index is 0.298. The van der Waals surface area contributed by atoms with Crippen molar-refractivity contribution < 1.29 is 4.39 Å². The molecule has 0 saturated carbocycles. The molecule has 2 aromatic carbocycles. The van der Waals surface area contributed by atoms with Crippen molar-refractivity contribution in [1.82, 2.24) is 9.38 Å². The summed E-state index contributed by atoms with van der Waals surface area (Å²) in [6.45, 7) is 0. The summed E-state index contributed by atoms with van der Waals surface area (Å²) in [5, 5.41) is 3.98. The van der Waals surface area contributed by atoms with Gasteiger partial charge in [0.25, 0.3) is 0 Å². The van der Waals surface area contributed by atoms with Gasteiger partial charge in [0.15, 0.2) is 5.16 Å². The maximum atomic E-state index is 14.0. The summed E-state index contributed by atoms with van der Waals surface area (Å²) in [7, 11) is 0.